The molecule has 0 bridgehead atoms. The normalized spacial score (nSPS) is 11.9. The lowest BCUT2D eigenvalue weighted by Crippen LogP contribution is -2.37. The van der Waals surface area contributed by atoms with Gasteiger partial charge in [0.05, 0.1) is 23.8 Å². The molecule has 0 fully saturated rings. The van der Waals surface area contributed by atoms with Crippen molar-refractivity contribution in [2.75, 3.05) is 0 Å². The fourth-order valence-corrected chi connectivity index (χ4v) is 3.17. The Morgan fingerprint density at radius 1 is 1.26 bits per heavy atom. The number of nitrogens with zero attached hydrogens (tertiary/aromatic N) is 4. The van der Waals surface area contributed by atoms with E-state index in [1.54, 1.807) is 16.4 Å². The zero-order chi connectivity index (χ0) is 19.1. The van der Waals surface area contributed by atoms with Crippen LogP contribution < -0.4 is 5.32 Å². The highest BCUT2D eigenvalue weighted by molar-refractivity contribution is 7.11. The Kier molecular flexibility index (Phi) is 6.26. The van der Waals surface area contributed by atoms with E-state index < -0.39 is 12.0 Å². The fraction of sp³-hybridized carbons (Fsp3) is 0.278. The van der Waals surface area contributed by atoms with Gasteiger partial charge in [0.2, 0.25) is 0 Å². The number of thiazole rings is 1. The summed E-state index contributed by atoms with van der Waals surface area (Å²) >= 11 is 1.20. The van der Waals surface area contributed by atoms with Crippen molar-refractivity contribution in [1.82, 2.24) is 25.3 Å². The molecular formula is C18H19N5O3S. The van der Waals surface area contributed by atoms with E-state index in [0.29, 0.717) is 23.5 Å². The molecule has 2 heterocycles. The van der Waals surface area contributed by atoms with E-state index in [2.05, 4.69) is 32.7 Å². The van der Waals surface area contributed by atoms with E-state index in [9.17, 15) is 9.59 Å². The molecule has 2 N–H and O–H groups in total. The van der Waals surface area contributed by atoms with Gasteiger partial charge in [0.25, 0.3) is 5.91 Å². The zero-order valence-corrected chi connectivity index (χ0v) is 15.3. The second kappa shape index (κ2) is 9.04. The summed E-state index contributed by atoms with van der Waals surface area (Å²) in [6, 6.07) is 9.48. The van der Waals surface area contributed by atoms with Gasteiger partial charge in [-0.1, -0.05) is 35.5 Å². The van der Waals surface area contributed by atoms with Crippen molar-refractivity contribution in [3.05, 3.63) is 64.4 Å². The van der Waals surface area contributed by atoms with E-state index in [1.807, 2.05) is 18.2 Å². The number of aryl methyl sites for hydroxylation is 2. The van der Waals surface area contributed by atoms with Gasteiger partial charge in [-0.05, 0) is 12.0 Å². The fourth-order valence-electron chi connectivity index (χ4n) is 2.65. The minimum Gasteiger partial charge on any atom is -0.481 e. The van der Waals surface area contributed by atoms with Crippen molar-refractivity contribution < 1.29 is 14.7 Å². The van der Waals surface area contributed by atoms with Gasteiger partial charge in [-0.3, -0.25) is 19.3 Å². The Bertz CT molecular complexity index is 880. The molecule has 27 heavy (non-hydrogen) atoms. The maximum absolute atomic E-state index is 12.2. The summed E-state index contributed by atoms with van der Waals surface area (Å²) in [7, 11) is 0. The second-order valence-corrected chi connectivity index (χ2v) is 6.93. The first-order chi connectivity index (χ1) is 13.1. The molecule has 8 nitrogen and oxygen atoms in total. The zero-order valence-electron chi connectivity index (χ0n) is 14.5. The maximum atomic E-state index is 12.2. The average molecular weight is 385 g/mol. The molecule has 3 aromatic rings. The molecular weight excluding hydrogens is 366 g/mol. The minimum atomic E-state index is -0.985. The quantitative estimate of drug-likeness (QED) is 0.581. The number of benzene rings is 1. The average Bonchev–Trinajstić information content (AvgIpc) is 3.32. The number of aromatic nitrogens is 4. The number of carboxylic acid groups (broad SMARTS) is 1. The summed E-state index contributed by atoms with van der Waals surface area (Å²) in [5.74, 6) is -1.32. The molecule has 140 valence electrons. The number of hydrogen-bond acceptors (Lipinski definition) is 6. The van der Waals surface area contributed by atoms with Crippen LogP contribution in [0.3, 0.4) is 0 Å². The van der Waals surface area contributed by atoms with Crippen LogP contribution >= 0.6 is 11.3 Å². The van der Waals surface area contributed by atoms with Gasteiger partial charge >= 0.3 is 5.97 Å². The molecule has 1 aromatic carbocycles. The van der Waals surface area contributed by atoms with Crippen LogP contribution in [0.2, 0.25) is 0 Å². The van der Waals surface area contributed by atoms with Crippen LogP contribution in [0.15, 0.2) is 48.2 Å². The predicted octanol–water partition coefficient (Wildman–Crippen LogP) is 1.79. The number of carbonyl (C=O) groups excluding carboxylic acids is 1. The number of amides is 1. The molecule has 1 amide bonds. The Balaban J connectivity index is 1.59. The van der Waals surface area contributed by atoms with Crippen LogP contribution in [0.4, 0.5) is 0 Å². The Morgan fingerprint density at radius 2 is 2.07 bits per heavy atom. The Labute approximate surface area is 159 Å². The molecule has 1 unspecified atom stereocenters. The van der Waals surface area contributed by atoms with Crippen LogP contribution in [0, 0.1) is 0 Å². The number of carboxylic acids is 1. The first-order valence-electron chi connectivity index (χ1n) is 8.44. The standard InChI is InChI=1S/C18H19N5O3S/c24-17(25)9-14(20-18(26)16-10-19-12-27-16)8-15-11-23(22-21-15)7-6-13-4-2-1-3-5-13/h1-5,10-12,14H,6-9H2,(H,20,26)(H,24,25). The number of aliphatic carboxylic acids is 1. The summed E-state index contributed by atoms with van der Waals surface area (Å²) in [6.45, 7) is 0.674. The number of rotatable bonds is 9. The second-order valence-electron chi connectivity index (χ2n) is 6.05. The smallest absolute Gasteiger partial charge is 0.305 e. The minimum absolute atomic E-state index is 0.193. The van der Waals surface area contributed by atoms with Crippen LogP contribution in [-0.4, -0.2) is 43.0 Å². The van der Waals surface area contributed by atoms with Crippen molar-refractivity contribution in [1.29, 1.82) is 0 Å². The first-order valence-corrected chi connectivity index (χ1v) is 9.32. The van der Waals surface area contributed by atoms with Crippen molar-refractivity contribution in [2.24, 2.45) is 0 Å². The van der Waals surface area contributed by atoms with Crippen molar-refractivity contribution in [3.8, 4) is 0 Å². The van der Waals surface area contributed by atoms with E-state index in [0.717, 1.165) is 6.42 Å². The van der Waals surface area contributed by atoms with E-state index in [1.165, 1.54) is 23.1 Å². The summed E-state index contributed by atoms with van der Waals surface area (Å²) in [6.07, 6.45) is 4.17. The highest BCUT2D eigenvalue weighted by Gasteiger charge is 2.19. The van der Waals surface area contributed by atoms with Crippen molar-refractivity contribution >= 4 is 23.2 Å². The molecule has 0 spiro atoms. The SMILES string of the molecule is O=C(O)CC(Cc1cn(CCc2ccccc2)nn1)NC(=O)c1cncs1. The van der Waals surface area contributed by atoms with Crippen LogP contribution in [0.5, 0.6) is 0 Å². The molecule has 3 rings (SSSR count). The summed E-state index contributed by atoms with van der Waals surface area (Å²) in [5.41, 5.74) is 3.40. The Hall–Kier alpha value is -3.07. The molecule has 9 heteroatoms. The third kappa shape index (κ3) is 5.71. The maximum Gasteiger partial charge on any atom is 0.305 e. The number of carbonyl (C=O) groups is 2. The lowest BCUT2D eigenvalue weighted by Gasteiger charge is -2.14. The van der Waals surface area contributed by atoms with Gasteiger partial charge in [0.15, 0.2) is 0 Å². The van der Waals surface area contributed by atoms with Gasteiger partial charge in [-0.25, -0.2) is 0 Å². The molecule has 2 aromatic heterocycles. The number of nitrogens with one attached hydrogen (secondary N) is 1. The third-order valence-corrected chi connectivity index (χ3v) is 4.70. The van der Waals surface area contributed by atoms with E-state index in [4.69, 9.17) is 5.11 Å². The van der Waals surface area contributed by atoms with Crippen molar-refractivity contribution in [2.45, 2.75) is 31.8 Å². The van der Waals surface area contributed by atoms with Gasteiger partial charge in [0, 0.05) is 25.2 Å². The van der Waals surface area contributed by atoms with E-state index in [-0.39, 0.29) is 12.3 Å². The lowest BCUT2D eigenvalue weighted by molar-refractivity contribution is -0.137. The Morgan fingerprint density at radius 3 is 2.78 bits per heavy atom. The highest BCUT2D eigenvalue weighted by Crippen LogP contribution is 2.09. The molecule has 1 atom stereocenters. The van der Waals surface area contributed by atoms with Gasteiger partial charge in [-0.2, -0.15) is 0 Å². The van der Waals surface area contributed by atoms with Crippen LogP contribution in [0.25, 0.3) is 0 Å². The first kappa shape index (κ1) is 18.7. The van der Waals surface area contributed by atoms with Gasteiger partial charge < -0.3 is 10.4 Å². The predicted molar refractivity (Wildman–Crippen MR) is 99.5 cm³/mol. The van der Waals surface area contributed by atoms with Crippen LogP contribution in [0.1, 0.15) is 27.3 Å². The molecule has 0 saturated heterocycles. The van der Waals surface area contributed by atoms with E-state index >= 15 is 0 Å². The van der Waals surface area contributed by atoms with Gasteiger partial charge in [-0.15, -0.1) is 16.4 Å². The topological polar surface area (TPSA) is 110 Å². The molecule has 0 aliphatic heterocycles. The summed E-state index contributed by atoms with van der Waals surface area (Å²) in [5, 5.41) is 20.1. The molecule has 0 radical (unpaired) electrons. The summed E-state index contributed by atoms with van der Waals surface area (Å²) in [4.78, 5) is 27.6. The highest BCUT2D eigenvalue weighted by atomic mass is 32.1. The van der Waals surface area contributed by atoms with Crippen molar-refractivity contribution in [3.63, 3.8) is 0 Å². The lowest BCUT2D eigenvalue weighted by atomic mass is 10.1. The molecule has 0 saturated carbocycles. The summed E-state index contributed by atoms with van der Waals surface area (Å²) < 4.78 is 1.73. The third-order valence-electron chi connectivity index (χ3n) is 3.93. The van der Waals surface area contributed by atoms with Gasteiger partial charge in [0.1, 0.15) is 4.88 Å². The van der Waals surface area contributed by atoms with Crippen LogP contribution in [-0.2, 0) is 24.2 Å². The monoisotopic (exact) mass is 385 g/mol. The largest absolute Gasteiger partial charge is 0.481 e. The molecule has 0 aliphatic rings. The molecule has 0 aliphatic carbocycles. The number of hydrogen-bond donors (Lipinski definition) is 2.